The van der Waals surface area contributed by atoms with E-state index in [0.717, 1.165) is 5.56 Å². The largest absolute Gasteiger partial charge is 0.394 e. The van der Waals surface area contributed by atoms with Gasteiger partial charge in [0.25, 0.3) is 0 Å². The highest BCUT2D eigenvalue weighted by Gasteiger charge is 2.03. The zero-order valence-electron chi connectivity index (χ0n) is 8.72. The lowest BCUT2D eigenvalue weighted by Crippen LogP contribution is -2.13. The Kier molecular flexibility index (Phi) is 2.82. The summed E-state index contributed by atoms with van der Waals surface area (Å²) in [6.45, 7) is 0.636. The van der Waals surface area contributed by atoms with Gasteiger partial charge < -0.3 is 10.3 Å². The molecule has 6 heteroatoms. The summed E-state index contributed by atoms with van der Waals surface area (Å²) in [5.41, 5.74) is 6.71. The monoisotopic (exact) mass is 282 g/mol. The Balaban J connectivity index is 2.32. The van der Waals surface area contributed by atoms with Crippen LogP contribution in [0.3, 0.4) is 0 Å². The Labute approximate surface area is 101 Å². The first-order valence-electron chi connectivity index (χ1n) is 4.69. The molecule has 0 unspecified atom stereocenters. The average Bonchev–Trinajstić information content (AvgIpc) is 2.60. The number of nitrogens with two attached hydrogens (primary N) is 1. The second-order valence-corrected chi connectivity index (χ2v) is 4.44. The van der Waals surface area contributed by atoms with Crippen LogP contribution >= 0.6 is 15.9 Å². The van der Waals surface area contributed by atoms with Crippen LogP contribution in [-0.2, 0) is 13.6 Å². The third-order valence-corrected chi connectivity index (χ3v) is 2.75. The van der Waals surface area contributed by atoms with Gasteiger partial charge in [0.1, 0.15) is 0 Å². The SMILES string of the molecule is Cn1cc(Cn2cc(N)c(=O)c(Br)c2)cn1. The van der Waals surface area contributed by atoms with Gasteiger partial charge in [0.05, 0.1) is 22.9 Å². The molecule has 5 nitrogen and oxygen atoms in total. The molecule has 0 radical (unpaired) electrons. The fourth-order valence-corrected chi connectivity index (χ4v) is 1.96. The van der Waals surface area contributed by atoms with Gasteiger partial charge in [-0.25, -0.2) is 0 Å². The number of pyridine rings is 1. The molecule has 0 atom stereocenters. The van der Waals surface area contributed by atoms with Crippen LogP contribution in [0.2, 0.25) is 0 Å². The van der Waals surface area contributed by atoms with Crippen molar-refractivity contribution in [3.63, 3.8) is 0 Å². The van der Waals surface area contributed by atoms with Crippen molar-refractivity contribution in [1.29, 1.82) is 0 Å². The summed E-state index contributed by atoms with van der Waals surface area (Å²) >= 11 is 3.18. The van der Waals surface area contributed by atoms with Gasteiger partial charge in [-0.2, -0.15) is 5.10 Å². The standard InChI is InChI=1S/C10H11BrN4O/c1-14-3-7(2-13-14)4-15-5-8(11)10(16)9(12)6-15/h2-3,5-6H,4,12H2,1H3. The minimum Gasteiger partial charge on any atom is -0.394 e. The molecule has 0 saturated heterocycles. The van der Waals surface area contributed by atoms with Crippen LogP contribution in [0, 0.1) is 0 Å². The van der Waals surface area contributed by atoms with Crippen molar-refractivity contribution in [3.05, 3.63) is 45.0 Å². The quantitative estimate of drug-likeness (QED) is 0.893. The zero-order valence-corrected chi connectivity index (χ0v) is 10.3. The van der Waals surface area contributed by atoms with E-state index in [2.05, 4.69) is 21.0 Å². The number of aromatic nitrogens is 3. The molecule has 2 heterocycles. The number of anilines is 1. The summed E-state index contributed by atoms with van der Waals surface area (Å²) < 4.78 is 4.05. The van der Waals surface area contributed by atoms with E-state index in [9.17, 15) is 4.79 Å². The second kappa shape index (κ2) is 4.13. The summed E-state index contributed by atoms with van der Waals surface area (Å²) in [5, 5.41) is 4.07. The van der Waals surface area contributed by atoms with Gasteiger partial charge in [0.15, 0.2) is 0 Å². The highest BCUT2D eigenvalue weighted by Crippen LogP contribution is 2.08. The van der Waals surface area contributed by atoms with Crippen molar-refractivity contribution in [2.24, 2.45) is 7.05 Å². The van der Waals surface area contributed by atoms with Crippen LogP contribution in [0.15, 0.2) is 34.1 Å². The highest BCUT2D eigenvalue weighted by atomic mass is 79.9. The molecule has 2 rings (SSSR count). The topological polar surface area (TPSA) is 65.8 Å². The van der Waals surface area contributed by atoms with E-state index in [1.807, 2.05) is 17.8 Å². The molecule has 0 spiro atoms. The third-order valence-electron chi connectivity index (χ3n) is 2.19. The molecule has 0 fully saturated rings. The third kappa shape index (κ3) is 2.16. The molecule has 0 amide bonds. The first-order valence-corrected chi connectivity index (χ1v) is 5.48. The molecule has 2 N–H and O–H groups in total. The predicted molar refractivity (Wildman–Crippen MR) is 65.1 cm³/mol. The van der Waals surface area contributed by atoms with Gasteiger partial charge in [0, 0.05) is 31.2 Å². The predicted octanol–water partition coefficient (Wildman–Crippen LogP) is 0.975. The molecule has 84 valence electrons. The molecule has 2 aromatic rings. The molecule has 0 aromatic carbocycles. The number of halogens is 1. The molecule has 0 bridgehead atoms. The maximum Gasteiger partial charge on any atom is 0.218 e. The summed E-state index contributed by atoms with van der Waals surface area (Å²) in [6, 6.07) is 0. The fraction of sp³-hybridized carbons (Fsp3) is 0.200. The minimum atomic E-state index is -0.178. The van der Waals surface area contributed by atoms with Crippen molar-refractivity contribution in [2.45, 2.75) is 6.54 Å². The molecule has 0 aliphatic heterocycles. The lowest BCUT2D eigenvalue weighted by molar-refractivity contribution is 0.760. The lowest BCUT2D eigenvalue weighted by atomic mass is 10.3. The van der Waals surface area contributed by atoms with Crippen molar-refractivity contribution < 1.29 is 0 Å². The van der Waals surface area contributed by atoms with Gasteiger partial charge in [-0.1, -0.05) is 0 Å². The van der Waals surface area contributed by atoms with E-state index in [1.165, 1.54) is 0 Å². The molecule has 2 aromatic heterocycles. The molecular weight excluding hydrogens is 272 g/mol. The van der Waals surface area contributed by atoms with Crippen molar-refractivity contribution in [3.8, 4) is 0 Å². The van der Waals surface area contributed by atoms with Crippen molar-refractivity contribution >= 4 is 21.6 Å². The van der Waals surface area contributed by atoms with E-state index in [0.29, 0.717) is 11.0 Å². The van der Waals surface area contributed by atoms with Crippen LogP contribution in [0.5, 0.6) is 0 Å². The van der Waals surface area contributed by atoms with E-state index in [4.69, 9.17) is 5.73 Å². The van der Waals surface area contributed by atoms with Crippen molar-refractivity contribution in [1.82, 2.24) is 14.3 Å². The smallest absolute Gasteiger partial charge is 0.218 e. The van der Waals surface area contributed by atoms with Crippen LogP contribution < -0.4 is 11.2 Å². The molecule has 0 saturated carbocycles. The van der Waals surface area contributed by atoms with Gasteiger partial charge in [-0.05, 0) is 15.9 Å². The van der Waals surface area contributed by atoms with E-state index >= 15 is 0 Å². The highest BCUT2D eigenvalue weighted by molar-refractivity contribution is 9.10. The lowest BCUT2D eigenvalue weighted by Gasteiger charge is -2.06. The van der Waals surface area contributed by atoms with E-state index < -0.39 is 0 Å². The van der Waals surface area contributed by atoms with E-state index in [1.54, 1.807) is 23.3 Å². The molecule has 16 heavy (non-hydrogen) atoms. The maximum absolute atomic E-state index is 11.4. The summed E-state index contributed by atoms with van der Waals surface area (Å²) in [6.07, 6.45) is 7.04. The normalized spacial score (nSPS) is 10.6. The van der Waals surface area contributed by atoms with Crippen LogP contribution in [0.4, 0.5) is 5.69 Å². The van der Waals surface area contributed by atoms with Gasteiger partial charge in [0.2, 0.25) is 5.43 Å². The molecule has 0 aliphatic carbocycles. The Morgan fingerprint density at radius 2 is 2.19 bits per heavy atom. The van der Waals surface area contributed by atoms with Gasteiger partial charge >= 0.3 is 0 Å². The number of hydrogen-bond acceptors (Lipinski definition) is 3. The molecule has 0 aliphatic rings. The zero-order chi connectivity index (χ0) is 11.7. The number of rotatable bonds is 2. The average molecular weight is 283 g/mol. The second-order valence-electron chi connectivity index (χ2n) is 3.59. The number of aryl methyl sites for hydroxylation is 1. The van der Waals surface area contributed by atoms with E-state index in [-0.39, 0.29) is 11.1 Å². The number of hydrogen-bond donors (Lipinski definition) is 1. The summed E-state index contributed by atoms with van der Waals surface area (Å²) in [7, 11) is 1.86. The van der Waals surface area contributed by atoms with Gasteiger partial charge in [-0.3, -0.25) is 9.48 Å². The molecular formula is C10H11BrN4O. The maximum atomic E-state index is 11.4. The Hall–Kier alpha value is -1.56. The van der Waals surface area contributed by atoms with Gasteiger partial charge in [-0.15, -0.1) is 0 Å². The van der Waals surface area contributed by atoms with Crippen LogP contribution in [0.25, 0.3) is 0 Å². The Morgan fingerprint density at radius 3 is 2.75 bits per heavy atom. The fourth-order valence-electron chi connectivity index (χ4n) is 1.47. The minimum absolute atomic E-state index is 0.178. The first kappa shape index (κ1) is 10.9. The summed E-state index contributed by atoms with van der Waals surface area (Å²) in [5.74, 6) is 0. The van der Waals surface area contributed by atoms with Crippen LogP contribution in [0.1, 0.15) is 5.56 Å². The Morgan fingerprint density at radius 1 is 1.44 bits per heavy atom. The Bertz CT molecular complexity index is 546. The number of nitrogen functional groups attached to an aromatic ring is 1. The first-order chi connectivity index (χ1) is 7.56. The van der Waals surface area contributed by atoms with Crippen molar-refractivity contribution in [2.75, 3.05) is 5.73 Å². The number of nitrogens with zero attached hydrogens (tertiary/aromatic N) is 3. The van der Waals surface area contributed by atoms with Crippen LogP contribution in [-0.4, -0.2) is 14.3 Å². The summed E-state index contributed by atoms with van der Waals surface area (Å²) in [4.78, 5) is 11.4.